The zero-order chi connectivity index (χ0) is 23.9. The Morgan fingerprint density at radius 2 is 0.771 bits per heavy atom. The second-order valence-electron chi connectivity index (χ2n) is 8.60. The summed E-state index contributed by atoms with van der Waals surface area (Å²) in [7, 11) is 2.03. The van der Waals surface area contributed by atoms with Gasteiger partial charge in [-0.15, -0.1) is 0 Å². The van der Waals surface area contributed by atoms with Gasteiger partial charge < -0.3 is 0 Å². The summed E-state index contributed by atoms with van der Waals surface area (Å²) in [5.41, 5.74) is 9.64. The first-order valence-corrected chi connectivity index (χ1v) is 11.9. The molecule has 0 unspecified atom stereocenters. The van der Waals surface area contributed by atoms with E-state index < -0.39 is 0 Å². The molecular formula is C34H28N+. The van der Waals surface area contributed by atoms with Gasteiger partial charge >= 0.3 is 0 Å². The van der Waals surface area contributed by atoms with E-state index in [0.29, 0.717) is 0 Å². The summed E-state index contributed by atoms with van der Waals surface area (Å²) in [6.45, 7) is 0. The molecule has 1 aromatic heterocycles. The number of benzene rings is 4. The maximum absolute atomic E-state index is 2.24. The van der Waals surface area contributed by atoms with Gasteiger partial charge in [0.25, 0.3) is 0 Å². The maximum Gasteiger partial charge on any atom is 0.169 e. The number of pyridine rings is 1. The Hall–Kier alpha value is -4.49. The van der Waals surface area contributed by atoms with Crippen LogP contribution in [0.25, 0.3) is 23.3 Å². The number of hydrogen-bond donors (Lipinski definition) is 0. The van der Waals surface area contributed by atoms with Crippen molar-refractivity contribution in [3.05, 3.63) is 173 Å². The third-order valence-electron chi connectivity index (χ3n) is 6.11. The minimum Gasteiger partial charge on any atom is -0.208 e. The van der Waals surface area contributed by atoms with Crippen LogP contribution in [0, 0.1) is 0 Å². The first-order chi connectivity index (χ1) is 17.3. The molecule has 0 aliphatic carbocycles. The van der Waals surface area contributed by atoms with Crippen molar-refractivity contribution in [1.82, 2.24) is 0 Å². The lowest BCUT2D eigenvalue weighted by Crippen LogP contribution is -2.25. The molecule has 0 N–H and O–H groups in total. The Bertz CT molecular complexity index is 1390. The van der Waals surface area contributed by atoms with Crippen LogP contribution in [-0.2, 0) is 7.05 Å². The largest absolute Gasteiger partial charge is 0.208 e. The summed E-state index contributed by atoms with van der Waals surface area (Å²) in [5, 5.41) is 0. The van der Waals surface area contributed by atoms with Crippen molar-refractivity contribution >= 4 is 23.3 Å². The molecule has 5 rings (SSSR count). The van der Waals surface area contributed by atoms with Crippen molar-refractivity contribution in [3.8, 4) is 0 Å². The molecule has 0 aliphatic heterocycles. The zero-order valence-corrected chi connectivity index (χ0v) is 19.9. The van der Waals surface area contributed by atoms with Gasteiger partial charge in [-0.1, -0.05) is 127 Å². The van der Waals surface area contributed by atoms with Crippen LogP contribution in [0.1, 0.15) is 33.4 Å². The van der Waals surface area contributed by atoms with Crippen molar-refractivity contribution in [3.63, 3.8) is 0 Å². The summed E-state index contributed by atoms with van der Waals surface area (Å²) in [6, 6.07) is 45.2. The molecule has 0 amide bonds. The fourth-order valence-corrected chi connectivity index (χ4v) is 4.30. The lowest BCUT2D eigenvalue weighted by molar-refractivity contribution is -0.671. The van der Waals surface area contributed by atoms with Crippen LogP contribution in [0.15, 0.2) is 140 Å². The van der Waals surface area contributed by atoms with Gasteiger partial charge in [-0.3, -0.25) is 0 Å². The second kappa shape index (κ2) is 10.6. The van der Waals surface area contributed by atoms with Crippen molar-refractivity contribution in [2.24, 2.45) is 7.05 Å². The summed E-state index contributed by atoms with van der Waals surface area (Å²) in [6.07, 6.45) is 8.45. The monoisotopic (exact) mass is 450 g/mol. The van der Waals surface area contributed by atoms with Crippen LogP contribution < -0.4 is 4.57 Å². The maximum atomic E-state index is 2.24. The van der Waals surface area contributed by atoms with Crippen LogP contribution >= 0.6 is 0 Å². The highest BCUT2D eigenvalue weighted by Crippen LogP contribution is 2.36. The number of hydrogen-bond acceptors (Lipinski definition) is 0. The van der Waals surface area contributed by atoms with Gasteiger partial charge in [0.2, 0.25) is 0 Å². The highest BCUT2D eigenvalue weighted by atomic mass is 14.9. The van der Waals surface area contributed by atoms with E-state index in [2.05, 4.69) is 152 Å². The van der Waals surface area contributed by atoms with Crippen LogP contribution in [0.3, 0.4) is 0 Å². The molecule has 168 valence electrons. The molecule has 1 heterocycles. The van der Waals surface area contributed by atoms with E-state index in [-0.39, 0.29) is 0 Å². The summed E-state index contributed by atoms with van der Waals surface area (Å²) in [5.74, 6) is 0. The predicted octanol–water partition coefficient (Wildman–Crippen LogP) is 7.69. The molecule has 0 atom stereocenters. The van der Waals surface area contributed by atoms with Gasteiger partial charge in [-0.25, -0.2) is 4.57 Å². The number of aromatic nitrogens is 1. The first-order valence-electron chi connectivity index (χ1n) is 11.9. The zero-order valence-electron chi connectivity index (χ0n) is 19.9. The van der Waals surface area contributed by atoms with E-state index in [4.69, 9.17) is 0 Å². The molecule has 35 heavy (non-hydrogen) atoms. The first kappa shape index (κ1) is 22.3. The van der Waals surface area contributed by atoms with E-state index in [1.807, 2.05) is 11.6 Å². The quantitative estimate of drug-likeness (QED) is 0.184. The Labute approximate surface area is 208 Å². The Kier molecular flexibility index (Phi) is 6.77. The number of aryl methyl sites for hydroxylation is 1. The molecule has 1 nitrogen and oxygen atoms in total. The summed E-state index contributed by atoms with van der Waals surface area (Å²) < 4.78 is 2.04. The lowest BCUT2D eigenvalue weighted by Gasteiger charge is -2.18. The fraction of sp³-hybridized carbons (Fsp3) is 0.0294. The minimum atomic E-state index is 1.18. The topological polar surface area (TPSA) is 3.88 Å². The normalized spacial score (nSPS) is 10.9. The fourth-order valence-electron chi connectivity index (χ4n) is 4.30. The van der Waals surface area contributed by atoms with E-state index in [1.165, 1.54) is 44.5 Å². The van der Waals surface area contributed by atoms with Crippen LogP contribution in [-0.4, -0.2) is 0 Å². The van der Waals surface area contributed by atoms with Crippen molar-refractivity contribution in [1.29, 1.82) is 0 Å². The smallest absolute Gasteiger partial charge is 0.169 e. The average molecular weight is 451 g/mol. The summed E-state index contributed by atoms with van der Waals surface area (Å²) >= 11 is 0. The van der Waals surface area contributed by atoms with E-state index in [9.17, 15) is 0 Å². The molecule has 0 saturated carbocycles. The van der Waals surface area contributed by atoms with Gasteiger partial charge in [-0.2, -0.15) is 0 Å². The van der Waals surface area contributed by atoms with E-state index >= 15 is 0 Å². The van der Waals surface area contributed by atoms with Gasteiger partial charge in [0.05, 0.1) is 0 Å². The Balaban J connectivity index is 1.63. The van der Waals surface area contributed by atoms with Crippen LogP contribution in [0.5, 0.6) is 0 Å². The lowest BCUT2D eigenvalue weighted by atomic mass is 9.85. The SMILES string of the molecule is C[n+]1ccc(/C=C/c2ccc(C(=C(c3ccccc3)c3ccccc3)c3ccccc3)cc2)cc1. The molecule has 0 fully saturated rings. The van der Waals surface area contributed by atoms with Crippen molar-refractivity contribution in [2.45, 2.75) is 0 Å². The molecule has 5 aromatic rings. The third kappa shape index (κ3) is 5.37. The standard InChI is InChI=1S/C34H28N/c1-35-25-23-28(24-26-35)18-17-27-19-21-32(22-20-27)34(31-15-9-4-10-16-31)33(29-11-5-2-6-12-29)30-13-7-3-8-14-30/h2-26H,1H3/q+1/b18-17+. The number of rotatable bonds is 6. The predicted molar refractivity (Wildman–Crippen MR) is 147 cm³/mol. The molecule has 0 bridgehead atoms. The Morgan fingerprint density at radius 1 is 0.429 bits per heavy atom. The molecular weight excluding hydrogens is 422 g/mol. The molecule has 0 saturated heterocycles. The average Bonchev–Trinajstić information content (AvgIpc) is 2.93. The summed E-state index contributed by atoms with van der Waals surface area (Å²) in [4.78, 5) is 0. The highest BCUT2D eigenvalue weighted by Gasteiger charge is 2.15. The van der Waals surface area contributed by atoms with E-state index in [1.54, 1.807) is 0 Å². The van der Waals surface area contributed by atoms with Gasteiger partial charge in [0.15, 0.2) is 12.4 Å². The van der Waals surface area contributed by atoms with Crippen molar-refractivity contribution in [2.75, 3.05) is 0 Å². The van der Waals surface area contributed by atoms with Crippen molar-refractivity contribution < 1.29 is 4.57 Å². The molecule has 0 spiro atoms. The third-order valence-corrected chi connectivity index (χ3v) is 6.11. The Morgan fingerprint density at radius 3 is 1.17 bits per heavy atom. The van der Waals surface area contributed by atoms with Crippen LogP contribution in [0.4, 0.5) is 0 Å². The number of nitrogens with zero attached hydrogens (tertiary/aromatic N) is 1. The minimum absolute atomic E-state index is 1.18. The van der Waals surface area contributed by atoms with Crippen LogP contribution in [0.2, 0.25) is 0 Å². The molecule has 0 radical (unpaired) electrons. The van der Waals surface area contributed by atoms with Gasteiger partial charge in [-0.05, 0) is 44.5 Å². The van der Waals surface area contributed by atoms with Gasteiger partial charge in [0, 0.05) is 12.1 Å². The molecule has 1 heteroatoms. The molecule has 4 aromatic carbocycles. The van der Waals surface area contributed by atoms with Gasteiger partial charge in [0.1, 0.15) is 7.05 Å². The highest BCUT2D eigenvalue weighted by molar-refractivity contribution is 6.04. The second-order valence-corrected chi connectivity index (χ2v) is 8.60. The van der Waals surface area contributed by atoms with E-state index in [0.717, 1.165) is 0 Å². The molecule has 0 aliphatic rings.